The van der Waals surface area contributed by atoms with Gasteiger partial charge in [0.2, 0.25) is 0 Å². The second-order valence-electron chi connectivity index (χ2n) is 4.58. The third kappa shape index (κ3) is 3.14. The van der Waals surface area contributed by atoms with Crippen LogP contribution in [0.4, 0.5) is 5.69 Å². The van der Waals surface area contributed by atoms with Gasteiger partial charge in [0.05, 0.1) is 10.7 Å². The number of hydrogen-bond acceptors (Lipinski definition) is 2. The zero-order chi connectivity index (χ0) is 12.3. The van der Waals surface area contributed by atoms with E-state index in [0.717, 1.165) is 30.7 Å². The molecule has 1 aromatic rings. The lowest BCUT2D eigenvalue weighted by molar-refractivity contribution is 0.726. The highest BCUT2D eigenvalue weighted by atomic mass is 35.5. The van der Waals surface area contributed by atoms with Crippen molar-refractivity contribution in [3.8, 4) is 0 Å². The maximum Gasteiger partial charge on any atom is 0.0642 e. The molecule has 0 spiro atoms. The lowest BCUT2D eigenvalue weighted by atomic mass is 10.2. The Morgan fingerprint density at radius 2 is 2.12 bits per heavy atom. The second kappa shape index (κ2) is 5.74. The van der Waals surface area contributed by atoms with Crippen molar-refractivity contribution in [2.45, 2.75) is 39.3 Å². The largest absolute Gasteiger partial charge is 0.368 e. The molecule has 1 aromatic carbocycles. The van der Waals surface area contributed by atoms with Gasteiger partial charge in [0.15, 0.2) is 0 Å². The Balaban J connectivity index is 2.12. The number of anilines is 1. The normalized spacial score (nSPS) is 15.0. The van der Waals surface area contributed by atoms with Crippen LogP contribution in [0.5, 0.6) is 0 Å². The van der Waals surface area contributed by atoms with E-state index in [-0.39, 0.29) is 0 Å². The van der Waals surface area contributed by atoms with Crippen molar-refractivity contribution in [1.82, 2.24) is 5.32 Å². The molecule has 1 saturated carbocycles. The molecule has 1 fully saturated rings. The van der Waals surface area contributed by atoms with Crippen LogP contribution in [0.1, 0.15) is 32.3 Å². The summed E-state index contributed by atoms with van der Waals surface area (Å²) in [7, 11) is 0. The van der Waals surface area contributed by atoms with E-state index < -0.39 is 0 Å². The van der Waals surface area contributed by atoms with Crippen LogP contribution in [0, 0.1) is 0 Å². The molecule has 2 nitrogen and oxygen atoms in total. The van der Waals surface area contributed by atoms with Gasteiger partial charge in [-0.2, -0.15) is 0 Å². The van der Waals surface area contributed by atoms with Crippen molar-refractivity contribution >= 4 is 17.3 Å². The Hall–Kier alpha value is -0.730. The highest BCUT2D eigenvalue weighted by Gasteiger charge is 2.29. The minimum Gasteiger partial charge on any atom is -0.368 e. The first kappa shape index (κ1) is 12.7. The van der Waals surface area contributed by atoms with Gasteiger partial charge in [0.25, 0.3) is 0 Å². The average molecular weight is 253 g/mol. The lowest BCUT2D eigenvalue weighted by Crippen LogP contribution is -2.25. The van der Waals surface area contributed by atoms with Gasteiger partial charge in [-0.1, -0.05) is 24.6 Å². The minimum absolute atomic E-state index is 0.720. The topological polar surface area (TPSA) is 15.3 Å². The number of benzene rings is 1. The van der Waals surface area contributed by atoms with Crippen LogP contribution in [0.15, 0.2) is 18.2 Å². The summed E-state index contributed by atoms with van der Waals surface area (Å²) in [5.74, 6) is 0. The van der Waals surface area contributed by atoms with Gasteiger partial charge in [-0.3, -0.25) is 0 Å². The molecule has 0 radical (unpaired) electrons. The molecule has 1 aliphatic carbocycles. The quantitative estimate of drug-likeness (QED) is 0.835. The summed E-state index contributed by atoms with van der Waals surface area (Å²) in [6.45, 7) is 7.23. The van der Waals surface area contributed by atoms with E-state index in [1.54, 1.807) is 0 Å². The van der Waals surface area contributed by atoms with E-state index in [1.165, 1.54) is 24.1 Å². The van der Waals surface area contributed by atoms with E-state index in [1.807, 2.05) is 0 Å². The fourth-order valence-corrected chi connectivity index (χ4v) is 2.49. The minimum atomic E-state index is 0.720. The first-order valence-corrected chi connectivity index (χ1v) is 6.89. The molecular weight excluding hydrogens is 232 g/mol. The smallest absolute Gasteiger partial charge is 0.0642 e. The van der Waals surface area contributed by atoms with Crippen molar-refractivity contribution < 1.29 is 0 Å². The third-order valence-electron chi connectivity index (χ3n) is 3.23. The lowest BCUT2D eigenvalue weighted by Gasteiger charge is -2.24. The van der Waals surface area contributed by atoms with Gasteiger partial charge in [-0.15, -0.1) is 0 Å². The van der Waals surface area contributed by atoms with E-state index in [4.69, 9.17) is 11.6 Å². The predicted octanol–water partition coefficient (Wildman–Crippen LogP) is 3.44. The van der Waals surface area contributed by atoms with Crippen molar-refractivity contribution in [1.29, 1.82) is 0 Å². The summed E-state index contributed by atoms with van der Waals surface area (Å²) >= 11 is 6.38. The zero-order valence-electron chi connectivity index (χ0n) is 10.7. The number of halogens is 1. The van der Waals surface area contributed by atoms with Gasteiger partial charge >= 0.3 is 0 Å². The maximum atomic E-state index is 6.38. The molecule has 1 N–H and O–H groups in total. The maximum absolute atomic E-state index is 6.38. The van der Waals surface area contributed by atoms with Crippen LogP contribution < -0.4 is 10.2 Å². The second-order valence-corrected chi connectivity index (χ2v) is 4.99. The predicted molar refractivity (Wildman–Crippen MR) is 74.9 cm³/mol. The molecular formula is C14H21ClN2. The van der Waals surface area contributed by atoms with Crippen LogP contribution in [0.2, 0.25) is 5.02 Å². The van der Waals surface area contributed by atoms with Crippen molar-refractivity contribution in [3.05, 3.63) is 28.8 Å². The molecule has 0 saturated heterocycles. The van der Waals surface area contributed by atoms with Gasteiger partial charge < -0.3 is 10.2 Å². The van der Waals surface area contributed by atoms with Crippen LogP contribution >= 0.6 is 11.6 Å². The Bertz CT molecular complexity index is 374. The molecule has 17 heavy (non-hydrogen) atoms. The molecule has 0 bridgehead atoms. The van der Waals surface area contributed by atoms with E-state index in [9.17, 15) is 0 Å². The van der Waals surface area contributed by atoms with Gasteiger partial charge in [0, 0.05) is 19.1 Å². The van der Waals surface area contributed by atoms with Crippen LogP contribution in [-0.2, 0) is 6.54 Å². The Morgan fingerprint density at radius 1 is 1.35 bits per heavy atom. The number of hydrogen-bond donors (Lipinski definition) is 1. The molecule has 0 aromatic heterocycles. The SMILES string of the molecule is CCNCc1ccc(N(CC)C2CC2)c(Cl)c1. The standard InChI is InChI=1S/C14H21ClN2/c1-3-16-10-11-5-8-14(13(15)9-11)17(4-2)12-6-7-12/h5,8-9,12,16H,3-4,6-7,10H2,1-2H3. The van der Waals surface area contributed by atoms with E-state index in [0.29, 0.717) is 0 Å². The average Bonchev–Trinajstić information content (AvgIpc) is 3.14. The molecule has 0 unspecified atom stereocenters. The fourth-order valence-electron chi connectivity index (χ4n) is 2.17. The molecule has 1 aliphatic rings. The fraction of sp³-hybridized carbons (Fsp3) is 0.571. The van der Waals surface area contributed by atoms with Crippen LogP contribution in [0.3, 0.4) is 0 Å². The Kier molecular flexibility index (Phi) is 4.30. The first-order valence-electron chi connectivity index (χ1n) is 6.52. The van der Waals surface area contributed by atoms with E-state index >= 15 is 0 Å². The summed E-state index contributed by atoms with van der Waals surface area (Å²) in [6, 6.07) is 7.15. The molecule has 0 aliphatic heterocycles. The number of rotatable bonds is 6. The summed E-state index contributed by atoms with van der Waals surface area (Å²) in [6.07, 6.45) is 2.62. The Morgan fingerprint density at radius 3 is 2.65 bits per heavy atom. The molecule has 0 heterocycles. The zero-order valence-corrected chi connectivity index (χ0v) is 11.4. The van der Waals surface area contributed by atoms with Crippen molar-refractivity contribution in [2.24, 2.45) is 0 Å². The molecule has 0 amide bonds. The summed E-state index contributed by atoms with van der Waals surface area (Å²) in [5, 5.41) is 4.20. The summed E-state index contributed by atoms with van der Waals surface area (Å²) in [5.41, 5.74) is 2.45. The van der Waals surface area contributed by atoms with Gasteiger partial charge in [0.1, 0.15) is 0 Å². The molecule has 2 rings (SSSR count). The molecule has 3 heteroatoms. The number of nitrogens with zero attached hydrogens (tertiary/aromatic N) is 1. The van der Waals surface area contributed by atoms with Crippen molar-refractivity contribution in [2.75, 3.05) is 18.0 Å². The third-order valence-corrected chi connectivity index (χ3v) is 3.53. The monoisotopic (exact) mass is 252 g/mol. The van der Waals surface area contributed by atoms with Crippen LogP contribution in [-0.4, -0.2) is 19.1 Å². The van der Waals surface area contributed by atoms with Crippen LogP contribution in [0.25, 0.3) is 0 Å². The van der Waals surface area contributed by atoms with Crippen molar-refractivity contribution in [3.63, 3.8) is 0 Å². The summed E-state index contributed by atoms with van der Waals surface area (Å²) < 4.78 is 0. The number of nitrogens with one attached hydrogen (secondary N) is 1. The van der Waals surface area contributed by atoms with E-state index in [2.05, 4.69) is 42.3 Å². The first-order chi connectivity index (χ1) is 8.26. The summed E-state index contributed by atoms with van der Waals surface area (Å²) in [4.78, 5) is 2.42. The molecule has 0 atom stereocenters. The van der Waals surface area contributed by atoms with Gasteiger partial charge in [-0.05, 0) is 44.0 Å². The highest BCUT2D eigenvalue weighted by molar-refractivity contribution is 6.33. The van der Waals surface area contributed by atoms with Gasteiger partial charge in [-0.25, -0.2) is 0 Å². The molecule has 94 valence electrons. The Labute approximate surface area is 109 Å². The highest BCUT2D eigenvalue weighted by Crippen LogP contribution is 2.35.